The van der Waals surface area contributed by atoms with E-state index in [0.717, 1.165) is 0 Å². The molecule has 0 saturated heterocycles. The molecule has 0 spiro atoms. The van der Waals surface area contributed by atoms with Gasteiger partial charge in [-0.1, -0.05) is 15.9 Å². The lowest BCUT2D eigenvalue weighted by molar-refractivity contribution is 0.0996. The molecule has 1 aromatic carbocycles. The van der Waals surface area contributed by atoms with Crippen LogP contribution < -0.4 is 5.73 Å². The lowest BCUT2D eigenvalue weighted by atomic mass is 10.1. The zero-order valence-corrected chi connectivity index (χ0v) is 13.3. The summed E-state index contributed by atoms with van der Waals surface area (Å²) in [4.78, 5) is 11.2. The number of carbonyl (C=O) groups is 1. The largest absolute Gasteiger partial charge is 0.506 e. The number of nitrogens with zero attached hydrogens (tertiary/aromatic N) is 2. The molecule has 18 heavy (non-hydrogen) atoms. The summed E-state index contributed by atoms with van der Waals surface area (Å²) in [7, 11) is 0. The molecule has 2 aromatic rings. The molecule has 0 aliphatic carbocycles. The molecule has 0 aliphatic rings. The number of hydrogen-bond acceptors (Lipinski definition) is 4. The Bertz CT molecular complexity index is 641. The fourth-order valence-corrected chi connectivity index (χ4v) is 3.87. The molecule has 0 unspecified atom stereocenters. The molecule has 1 amide bonds. The minimum absolute atomic E-state index is 0.00174. The van der Waals surface area contributed by atoms with Crippen LogP contribution in [0.15, 0.2) is 19.5 Å². The zero-order chi connectivity index (χ0) is 13.4. The van der Waals surface area contributed by atoms with Crippen LogP contribution in [0, 0.1) is 0 Å². The number of hydrogen-bond donors (Lipinski definition) is 3. The Labute approximate surface area is 126 Å². The van der Waals surface area contributed by atoms with E-state index in [1.807, 2.05) is 0 Å². The molecule has 6 nitrogen and oxygen atoms in total. The van der Waals surface area contributed by atoms with E-state index >= 15 is 0 Å². The van der Waals surface area contributed by atoms with Crippen molar-refractivity contribution in [2.45, 2.75) is 0 Å². The summed E-state index contributed by atoms with van der Waals surface area (Å²) in [6.45, 7) is 0. The molecule has 1 aromatic heterocycles. The minimum atomic E-state index is -0.708. The predicted molar refractivity (Wildman–Crippen MR) is 75.1 cm³/mol. The second-order valence-electron chi connectivity index (χ2n) is 3.26. The standard InChI is InChI=1S/C9H5Br3N4O2/c10-2-1-3(11)8(17)5(12)4(2)6-7(9(13)18)15-16-14-6/h1,17H,(H2,13,18)(H,14,15,16). The van der Waals surface area contributed by atoms with Gasteiger partial charge >= 0.3 is 0 Å². The number of aromatic amines is 1. The van der Waals surface area contributed by atoms with Gasteiger partial charge in [-0.2, -0.15) is 15.4 Å². The highest BCUT2D eigenvalue weighted by atomic mass is 79.9. The molecule has 0 aliphatic heterocycles. The predicted octanol–water partition coefficient (Wildman–Crippen LogP) is 2.56. The molecule has 9 heteroatoms. The summed E-state index contributed by atoms with van der Waals surface area (Å²) in [6, 6.07) is 1.63. The zero-order valence-electron chi connectivity index (χ0n) is 8.54. The normalized spacial score (nSPS) is 10.6. The van der Waals surface area contributed by atoms with Crippen LogP contribution in [0.5, 0.6) is 5.75 Å². The summed E-state index contributed by atoms with van der Waals surface area (Å²) < 4.78 is 1.49. The number of benzene rings is 1. The van der Waals surface area contributed by atoms with Gasteiger partial charge in [0.25, 0.3) is 5.91 Å². The van der Waals surface area contributed by atoms with Crippen molar-refractivity contribution in [1.29, 1.82) is 0 Å². The number of amides is 1. The van der Waals surface area contributed by atoms with E-state index in [-0.39, 0.29) is 17.1 Å². The smallest absolute Gasteiger partial charge is 0.271 e. The Morgan fingerprint density at radius 2 is 1.94 bits per heavy atom. The maximum atomic E-state index is 11.2. The van der Waals surface area contributed by atoms with Gasteiger partial charge in [0.15, 0.2) is 5.69 Å². The fraction of sp³-hybridized carbons (Fsp3) is 0. The second-order valence-corrected chi connectivity index (χ2v) is 5.76. The second kappa shape index (κ2) is 4.98. The van der Waals surface area contributed by atoms with E-state index in [1.165, 1.54) is 0 Å². The highest BCUT2D eigenvalue weighted by Crippen LogP contribution is 2.44. The average Bonchev–Trinajstić information content (AvgIpc) is 2.75. The lowest BCUT2D eigenvalue weighted by Crippen LogP contribution is -2.13. The van der Waals surface area contributed by atoms with Crippen LogP contribution in [-0.4, -0.2) is 26.4 Å². The monoisotopic (exact) mass is 438 g/mol. The van der Waals surface area contributed by atoms with Crippen molar-refractivity contribution in [3.63, 3.8) is 0 Å². The Hall–Kier alpha value is -0.930. The van der Waals surface area contributed by atoms with Crippen molar-refractivity contribution in [3.8, 4) is 17.0 Å². The number of halogens is 3. The van der Waals surface area contributed by atoms with Gasteiger partial charge in [-0.15, -0.1) is 0 Å². The number of primary amides is 1. The maximum absolute atomic E-state index is 11.2. The summed E-state index contributed by atoms with van der Waals surface area (Å²) in [5.74, 6) is -0.716. The fourth-order valence-electron chi connectivity index (χ4n) is 1.37. The Balaban J connectivity index is 2.75. The van der Waals surface area contributed by atoms with Gasteiger partial charge in [-0.3, -0.25) is 4.79 Å². The molecule has 2 rings (SSSR count). The number of aromatic hydroxyl groups is 1. The van der Waals surface area contributed by atoms with Gasteiger partial charge < -0.3 is 10.8 Å². The number of phenols is 1. The van der Waals surface area contributed by atoms with Gasteiger partial charge in [0.2, 0.25) is 0 Å². The molecule has 4 N–H and O–H groups in total. The van der Waals surface area contributed by atoms with Crippen molar-refractivity contribution in [3.05, 3.63) is 25.2 Å². The first-order chi connectivity index (χ1) is 8.43. The third kappa shape index (κ3) is 2.17. The number of carbonyl (C=O) groups excluding carboxylic acids is 1. The molecule has 0 bridgehead atoms. The molecular weight excluding hydrogens is 436 g/mol. The van der Waals surface area contributed by atoms with Crippen LogP contribution in [0.1, 0.15) is 10.5 Å². The molecule has 0 saturated carbocycles. The SMILES string of the molecule is NC(=O)c1n[nH]nc1-c1c(Br)cc(Br)c(O)c1Br. The van der Waals surface area contributed by atoms with Gasteiger partial charge in [0.05, 0.1) is 8.95 Å². The van der Waals surface area contributed by atoms with Gasteiger partial charge in [0.1, 0.15) is 11.4 Å². The first-order valence-electron chi connectivity index (χ1n) is 4.51. The first kappa shape index (κ1) is 13.5. The van der Waals surface area contributed by atoms with Crippen molar-refractivity contribution >= 4 is 53.7 Å². The van der Waals surface area contributed by atoms with Gasteiger partial charge in [0, 0.05) is 10.0 Å². The number of nitrogens with one attached hydrogen (secondary N) is 1. The van der Waals surface area contributed by atoms with Crippen molar-refractivity contribution in [1.82, 2.24) is 15.4 Å². The number of aromatic nitrogens is 3. The quantitative estimate of drug-likeness (QED) is 0.667. The van der Waals surface area contributed by atoms with Crippen LogP contribution >= 0.6 is 47.8 Å². The van der Waals surface area contributed by atoms with E-state index in [4.69, 9.17) is 5.73 Å². The van der Waals surface area contributed by atoms with Crippen LogP contribution in [0.2, 0.25) is 0 Å². The number of phenolic OH excluding ortho intramolecular Hbond substituents is 1. The van der Waals surface area contributed by atoms with Crippen molar-refractivity contribution in [2.75, 3.05) is 0 Å². The topological polar surface area (TPSA) is 105 Å². The van der Waals surface area contributed by atoms with Crippen LogP contribution in [-0.2, 0) is 0 Å². The molecule has 0 fully saturated rings. The number of nitrogens with two attached hydrogens (primary N) is 1. The van der Waals surface area contributed by atoms with E-state index in [1.54, 1.807) is 6.07 Å². The van der Waals surface area contributed by atoms with Gasteiger partial charge in [-0.25, -0.2) is 0 Å². The van der Waals surface area contributed by atoms with Crippen LogP contribution in [0.4, 0.5) is 0 Å². The minimum Gasteiger partial charge on any atom is -0.506 e. The molecule has 0 atom stereocenters. The Kier molecular flexibility index (Phi) is 3.74. The van der Waals surface area contributed by atoms with Crippen LogP contribution in [0.3, 0.4) is 0 Å². The number of H-pyrrole nitrogens is 1. The summed E-state index contributed by atoms with van der Waals surface area (Å²) >= 11 is 9.77. The summed E-state index contributed by atoms with van der Waals surface area (Å²) in [6.07, 6.45) is 0. The third-order valence-electron chi connectivity index (χ3n) is 2.16. The first-order valence-corrected chi connectivity index (χ1v) is 6.88. The van der Waals surface area contributed by atoms with E-state index in [9.17, 15) is 9.90 Å². The lowest BCUT2D eigenvalue weighted by Gasteiger charge is -2.09. The molecular formula is C9H5Br3N4O2. The van der Waals surface area contributed by atoms with Crippen LogP contribution in [0.25, 0.3) is 11.3 Å². The molecule has 1 heterocycles. The van der Waals surface area contributed by atoms with Crippen molar-refractivity contribution in [2.24, 2.45) is 5.73 Å². The maximum Gasteiger partial charge on any atom is 0.271 e. The summed E-state index contributed by atoms with van der Waals surface area (Å²) in [5.41, 5.74) is 5.94. The Morgan fingerprint density at radius 3 is 2.56 bits per heavy atom. The molecule has 94 valence electrons. The van der Waals surface area contributed by atoms with E-state index < -0.39 is 5.91 Å². The highest BCUT2D eigenvalue weighted by molar-refractivity contribution is 9.11. The summed E-state index contributed by atoms with van der Waals surface area (Å²) in [5, 5.41) is 19.7. The average molecular weight is 441 g/mol. The number of rotatable bonds is 2. The third-order valence-corrected chi connectivity index (χ3v) is 4.17. The Morgan fingerprint density at radius 1 is 1.28 bits per heavy atom. The van der Waals surface area contributed by atoms with E-state index in [2.05, 4.69) is 63.2 Å². The molecule has 0 radical (unpaired) electrons. The highest BCUT2D eigenvalue weighted by Gasteiger charge is 2.22. The van der Waals surface area contributed by atoms with E-state index in [0.29, 0.717) is 19.0 Å². The van der Waals surface area contributed by atoms with Crippen molar-refractivity contribution < 1.29 is 9.90 Å². The van der Waals surface area contributed by atoms with Gasteiger partial charge in [-0.05, 0) is 37.9 Å².